The van der Waals surface area contributed by atoms with E-state index in [-0.39, 0.29) is 29.9 Å². The third-order valence-corrected chi connectivity index (χ3v) is 5.87. The summed E-state index contributed by atoms with van der Waals surface area (Å²) in [4.78, 5) is 19.5. The lowest BCUT2D eigenvalue weighted by Gasteiger charge is -2.38. The van der Waals surface area contributed by atoms with Crippen molar-refractivity contribution in [3.63, 3.8) is 0 Å². The van der Waals surface area contributed by atoms with Crippen LogP contribution in [0.3, 0.4) is 0 Å². The van der Waals surface area contributed by atoms with E-state index in [1.165, 1.54) is 5.56 Å². The van der Waals surface area contributed by atoms with E-state index in [0.717, 1.165) is 44.0 Å². The number of amides is 1. The van der Waals surface area contributed by atoms with E-state index in [0.29, 0.717) is 30.7 Å². The maximum absolute atomic E-state index is 12.3. The highest BCUT2D eigenvalue weighted by Gasteiger charge is 2.25. The standard InChI is InChI=1S/C26H37N5O.HI/c1-4-27-26(29-15-14-28-25(32)23-12-8-9-20(2)17-23)30-24-13-16-31(21(3)18-24)19-22-10-6-5-7-11-22;/h5-12,17,21,24H,4,13-16,18-19H2,1-3H3,(H,28,32)(H2,27,29,30);1H. The van der Waals surface area contributed by atoms with E-state index in [9.17, 15) is 4.79 Å². The van der Waals surface area contributed by atoms with Crippen molar-refractivity contribution < 1.29 is 4.79 Å². The van der Waals surface area contributed by atoms with Crippen LogP contribution in [0, 0.1) is 6.92 Å². The van der Waals surface area contributed by atoms with Gasteiger partial charge in [-0.1, -0.05) is 48.0 Å². The first kappa shape index (κ1) is 27.1. The molecule has 0 radical (unpaired) electrons. The van der Waals surface area contributed by atoms with Gasteiger partial charge in [0, 0.05) is 43.8 Å². The van der Waals surface area contributed by atoms with Crippen molar-refractivity contribution in [2.45, 2.75) is 52.2 Å². The predicted molar refractivity (Wildman–Crippen MR) is 147 cm³/mol. The number of aliphatic imine (C=N–C) groups is 1. The number of rotatable bonds is 8. The minimum Gasteiger partial charge on any atom is -0.357 e. The van der Waals surface area contributed by atoms with Crippen LogP contribution in [0.4, 0.5) is 0 Å². The van der Waals surface area contributed by atoms with Crippen molar-refractivity contribution in [1.82, 2.24) is 20.9 Å². The summed E-state index contributed by atoms with van der Waals surface area (Å²) >= 11 is 0. The monoisotopic (exact) mass is 563 g/mol. The molecule has 1 fully saturated rings. The first-order valence-electron chi connectivity index (χ1n) is 11.7. The summed E-state index contributed by atoms with van der Waals surface area (Å²) in [5.74, 6) is 0.771. The summed E-state index contributed by atoms with van der Waals surface area (Å²) < 4.78 is 0. The zero-order valence-electron chi connectivity index (χ0n) is 20.0. The second-order valence-corrected chi connectivity index (χ2v) is 8.56. The topological polar surface area (TPSA) is 68.8 Å². The molecule has 2 atom stereocenters. The zero-order chi connectivity index (χ0) is 22.8. The van der Waals surface area contributed by atoms with Crippen LogP contribution in [0.25, 0.3) is 0 Å². The number of nitrogens with one attached hydrogen (secondary N) is 3. The lowest BCUT2D eigenvalue weighted by molar-refractivity contribution is 0.0954. The van der Waals surface area contributed by atoms with Gasteiger partial charge in [0.2, 0.25) is 0 Å². The van der Waals surface area contributed by atoms with Gasteiger partial charge in [0.1, 0.15) is 0 Å². The summed E-state index contributed by atoms with van der Waals surface area (Å²) in [5.41, 5.74) is 3.14. The molecule has 0 bridgehead atoms. The number of benzene rings is 2. The molecule has 3 N–H and O–H groups in total. The largest absolute Gasteiger partial charge is 0.357 e. The van der Waals surface area contributed by atoms with Crippen LogP contribution in [0.1, 0.15) is 48.2 Å². The zero-order valence-corrected chi connectivity index (χ0v) is 22.3. The van der Waals surface area contributed by atoms with Gasteiger partial charge in [0.15, 0.2) is 5.96 Å². The molecule has 1 saturated heterocycles. The van der Waals surface area contributed by atoms with Crippen molar-refractivity contribution >= 4 is 35.8 Å². The van der Waals surface area contributed by atoms with Gasteiger partial charge in [-0.15, -0.1) is 24.0 Å². The van der Waals surface area contributed by atoms with E-state index in [4.69, 9.17) is 0 Å². The maximum Gasteiger partial charge on any atom is 0.251 e. The van der Waals surface area contributed by atoms with Crippen LogP contribution in [0.15, 0.2) is 59.6 Å². The maximum atomic E-state index is 12.3. The Morgan fingerprint density at radius 3 is 2.61 bits per heavy atom. The highest BCUT2D eigenvalue weighted by atomic mass is 127. The SMILES string of the molecule is CCNC(=NCCNC(=O)c1cccc(C)c1)NC1CCN(Cc2ccccc2)C(C)C1.I. The fraction of sp³-hybridized carbons (Fsp3) is 0.462. The molecule has 33 heavy (non-hydrogen) atoms. The molecule has 6 nitrogen and oxygen atoms in total. The average Bonchev–Trinajstić information content (AvgIpc) is 2.79. The van der Waals surface area contributed by atoms with Crippen LogP contribution < -0.4 is 16.0 Å². The molecule has 1 aliphatic heterocycles. The van der Waals surface area contributed by atoms with Gasteiger partial charge in [-0.3, -0.25) is 14.7 Å². The molecule has 1 amide bonds. The fourth-order valence-electron chi connectivity index (χ4n) is 4.14. The fourth-order valence-corrected chi connectivity index (χ4v) is 4.14. The summed E-state index contributed by atoms with van der Waals surface area (Å²) in [7, 11) is 0. The molecular formula is C26H38IN5O. The molecule has 2 aromatic rings. The van der Waals surface area contributed by atoms with E-state index in [1.54, 1.807) is 0 Å². The molecule has 180 valence electrons. The van der Waals surface area contributed by atoms with Gasteiger partial charge in [-0.05, 0) is 51.3 Å². The van der Waals surface area contributed by atoms with Crippen molar-refractivity contribution in [2.75, 3.05) is 26.2 Å². The highest BCUT2D eigenvalue weighted by Crippen LogP contribution is 2.19. The van der Waals surface area contributed by atoms with Crippen molar-refractivity contribution in [1.29, 1.82) is 0 Å². The Bertz CT molecular complexity index is 889. The molecule has 0 spiro atoms. The minimum atomic E-state index is -0.0542. The van der Waals surface area contributed by atoms with Gasteiger partial charge in [-0.25, -0.2) is 0 Å². The van der Waals surface area contributed by atoms with E-state index in [1.807, 2.05) is 31.2 Å². The van der Waals surface area contributed by atoms with Crippen LogP contribution in [0.5, 0.6) is 0 Å². The lowest BCUT2D eigenvalue weighted by atomic mass is 9.97. The van der Waals surface area contributed by atoms with Crippen molar-refractivity contribution in [3.8, 4) is 0 Å². The Morgan fingerprint density at radius 2 is 1.91 bits per heavy atom. The summed E-state index contributed by atoms with van der Waals surface area (Å²) in [5, 5.41) is 9.89. The molecule has 0 aromatic heterocycles. The van der Waals surface area contributed by atoms with Crippen LogP contribution >= 0.6 is 24.0 Å². The lowest BCUT2D eigenvalue weighted by Crippen LogP contribution is -2.51. The second kappa shape index (κ2) is 14.2. The Hall–Kier alpha value is -2.13. The Balaban J connectivity index is 0.00000385. The van der Waals surface area contributed by atoms with Crippen molar-refractivity contribution in [2.24, 2.45) is 4.99 Å². The number of guanidine groups is 1. The third-order valence-electron chi connectivity index (χ3n) is 5.87. The number of nitrogens with zero attached hydrogens (tertiary/aromatic N) is 2. The number of carbonyl (C=O) groups excluding carboxylic acids is 1. The third kappa shape index (κ3) is 8.97. The summed E-state index contributed by atoms with van der Waals surface area (Å²) in [6.07, 6.45) is 2.17. The molecule has 0 aliphatic carbocycles. The summed E-state index contributed by atoms with van der Waals surface area (Å²) in [6, 6.07) is 19.2. The molecule has 0 saturated carbocycles. The number of likely N-dealkylation sites (tertiary alicyclic amines) is 1. The Morgan fingerprint density at radius 1 is 1.12 bits per heavy atom. The number of halogens is 1. The first-order valence-corrected chi connectivity index (χ1v) is 11.7. The molecule has 2 unspecified atom stereocenters. The smallest absolute Gasteiger partial charge is 0.251 e. The average molecular weight is 564 g/mol. The molecule has 1 heterocycles. The normalized spacial score (nSPS) is 18.8. The number of hydrogen-bond donors (Lipinski definition) is 3. The van der Waals surface area contributed by atoms with E-state index >= 15 is 0 Å². The molecule has 7 heteroatoms. The second-order valence-electron chi connectivity index (χ2n) is 8.56. The van der Waals surface area contributed by atoms with E-state index < -0.39 is 0 Å². The van der Waals surface area contributed by atoms with E-state index in [2.05, 4.69) is 70.0 Å². The minimum absolute atomic E-state index is 0. The number of aryl methyl sites for hydroxylation is 1. The van der Waals surface area contributed by atoms with Gasteiger partial charge < -0.3 is 16.0 Å². The molecule has 3 rings (SSSR count). The quantitative estimate of drug-likeness (QED) is 0.197. The van der Waals surface area contributed by atoms with Gasteiger partial charge in [-0.2, -0.15) is 0 Å². The van der Waals surface area contributed by atoms with Crippen LogP contribution in [-0.4, -0.2) is 55.0 Å². The predicted octanol–water partition coefficient (Wildman–Crippen LogP) is 3.95. The Labute approximate surface area is 215 Å². The summed E-state index contributed by atoms with van der Waals surface area (Å²) in [6.45, 7) is 10.3. The van der Waals surface area contributed by atoms with Crippen LogP contribution in [-0.2, 0) is 6.54 Å². The van der Waals surface area contributed by atoms with Gasteiger partial charge in [0.25, 0.3) is 5.91 Å². The first-order chi connectivity index (χ1) is 15.5. The van der Waals surface area contributed by atoms with Crippen LogP contribution in [0.2, 0.25) is 0 Å². The molecule has 2 aromatic carbocycles. The van der Waals surface area contributed by atoms with Crippen molar-refractivity contribution in [3.05, 3.63) is 71.3 Å². The number of piperidine rings is 1. The number of hydrogen-bond acceptors (Lipinski definition) is 3. The van der Waals surface area contributed by atoms with Gasteiger partial charge >= 0.3 is 0 Å². The number of carbonyl (C=O) groups is 1. The molecule has 1 aliphatic rings. The van der Waals surface area contributed by atoms with Gasteiger partial charge in [0.05, 0.1) is 6.54 Å². The Kier molecular flexibility index (Phi) is 11.7. The molecular weight excluding hydrogens is 525 g/mol. The highest BCUT2D eigenvalue weighted by molar-refractivity contribution is 14.0.